The van der Waals surface area contributed by atoms with Crippen LogP contribution in [0.1, 0.15) is 12.5 Å². The summed E-state index contributed by atoms with van der Waals surface area (Å²) in [5.41, 5.74) is 1.11. The van der Waals surface area contributed by atoms with Crippen molar-refractivity contribution in [3.63, 3.8) is 0 Å². The standard InChI is InChI=1S/C10H12N4O/c1-7-12-10(15)9(13-14(7)11)8-5-3-2-4-6-8/h2-7H,11H2,1H3,(H,12,15). The third kappa shape index (κ3) is 1.82. The van der Waals surface area contributed by atoms with Gasteiger partial charge in [0.15, 0.2) is 5.71 Å². The number of nitrogens with two attached hydrogens (primary N) is 1. The maximum Gasteiger partial charge on any atom is 0.274 e. The highest BCUT2D eigenvalue weighted by molar-refractivity contribution is 6.45. The zero-order valence-electron chi connectivity index (χ0n) is 8.34. The Kier molecular flexibility index (Phi) is 2.39. The summed E-state index contributed by atoms with van der Waals surface area (Å²) >= 11 is 0. The summed E-state index contributed by atoms with van der Waals surface area (Å²) in [5, 5.41) is 7.98. The van der Waals surface area contributed by atoms with E-state index < -0.39 is 0 Å². The minimum Gasteiger partial charge on any atom is -0.328 e. The number of hydrazone groups is 1. The van der Waals surface area contributed by atoms with Gasteiger partial charge in [-0.15, -0.1) is 0 Å². The van der Waals surface area contributed by atoms with Gasteiger partial charge in [0.05, 0.1) is 0 Å². The van der Waals surface area contributed by atoms with Gasteiger partial charge in [-0.3, -0.25) is 4.79 Å². The number of nitrogens with zero attached hydrogens (tertiary/aromatic N) is 2. The topological polar surface area (TPSA) is 70.7 Å². The van der Waals surface area contributed by atoms with Crippen molar-refractivity contribution in [1.29, 1.82) is 0 Å². The lowest BCUT2D eigenvalue weighted by molar-refractivity contribution is -0.117. The van der Waals surface area contributed by atoms with Gasteiger partial charge in [-0.2, -0.15) is 5.10 Å². The second-order valence-corrected chi connectivity index (χ2v) is 3.34. The first-order valence-corrected chi connectivity index (χ1v) is 4.67. The molecule has 0 fully saturated rings. The Hall–Kier alpha value is -1.88. The molecule has 1 unspecified atom stereocenters. The molecular formula is C10H12N4O. The van der Waals surface area contributed by atoms with Gasteiger partial charge < -0.3 is 5.32 Å². The molecule has 0 saturated heterocycles. The lowest BCUT2D eigenvalue weighted by atomic mass is 10.1. The van der Waals surface area contributed by atoms with E-state index >= 15 is 0 Å². The van der Waals surface area contributed by atoms with Crippen LogP contribution in [0.2, 0.25) is 0 Å². The highest BCUT2D eigenvalue weighted by Gasteiger charge is 2.24. The SMILES string of the molecule is CC1NC(=O)C(c2ccccc2)=NN1N. The summed E-state index contributed by atoms with van der Waals surface area (Å²) in [4.78, 5) is 11.6. The van der Waals surface area contributed by atoms with E-state index in [9.17, 15) is 4.79 Å². The zero-order valence-corrected chi connectivity index (χ0v) is 8.34. The summed E-state index contributed by atoms with van der Waals surface area (Å²) in [6, 6.07) is 9.23. The summed E-state index contributed by atoms with van der Waals surface area (Å²) < 4.78 is 0. The van der Waals surface area contributed by atoms with E-state index in [-0.39, 0.29) is 12.1 Å². The molecule has 5 heteroatoms. The molecule has 2 rings (SSSR count). The predicted molar refractivity (Wildman–Crippen MR) is 56.6 cm³/mol. The molecule has 0 spiro atoms. The highest BCUT2D eigenvalue weighted by atomic mass is 16.2. The fourth-order valence-electron chi connectivity index (χ4n) is 1.36. The van der Waals surface area contributed by atoms with Crippen molar-refractivity contribution >= 4 is 11.6 Å². The summed E-state index contributed by atoms with van der Waals surface area (Å²) in [7, 11) is 0. The zero-order chi connectivity index (χ0) is 10.8. The molecule has 1 aromatic rings. The molecule has 1 heterocycles. The number of hydrogen-bond donors (Lipinski definition) is 2. The molecule has 1 aliphatic rings. The third-order valence-corrected chi connectivity index (χ3v) is 2.21. The molecule has 0 saturated carbocycles. The monoisotopic (exact) mass is 204 g/mol. The largest absolute Gasteiger partial charge is 0.328 e. The summed E-state index contributed by atoms with van der Waals surface area (Å²) in [5.74, 6) is 5.40. The Morgan fingerprint density at radius 2 is 2.07 bits per heavy atom. The normalized spacial score (nSPS) is 20.9. The van der Waals surface area contributed by atoms with E-state index in [4.69, 9.17) is 5.84 Å². The molecule has 0 bridgehead atoms. The molecule has 0 aliphatic carbocycles. The van der Waals surface area contributed by atoms with Crippen molar-refractivity contribution in [2.75, 3.05) is 0 Å². The fourth-order valence-corrected chi connectivity index (χ4v) is 1.36. The molecular weight excluding hydrogens is 192 g/mol. The van der Waals surface area contributed by atoms with Crippen LogP contribution in [0.4, 0.5) is 0 Å². The van der Waals surface area contributed by atoms with E-state index in [1.54, 1.807) is 6.92 Å². The first kappa shape index (κ1) is 9.67. The number of carbonyl (C=O) groups excluding carboxylic acids is 1. The van der Waals surface area contributed by atoms with E-state index in [0.29, 0.717) is 5.71 Å². The molecule has 1 aromatic carbocycles. The molecule has 5 nitrogen and oxygen atoms in total. The number of benzene rings is 1. The van der Waals surface area contributed by atoms with Crippen molar-refractivity contribution < 1.29 is 4.79 Å². The van der Waals surface area contributed by atoms with E-state index in [1.807, 2.05) is 30.3 Å². The molecule has 15 heavy (non-hydrogen) atoms. The molecule has 0 radical (unpaired) electrons. The van der Waals surface area contributed by atoms with Gasteiger partial charge in [-0.25, -0.2) is 11.0 Å². The first-order chi connectivity index (χ1) is 7.18. The Morgan fingerprint density at radius 1 is 1.40 bits per heavy atom. The van der Waals surface area contributed by atoms with Crippen LogP contribution in [-0.2, 0) is 4.79 Å². The van der Waals surface area contributed by atoms with Crippen LogP contribution in [0.3, 0.4) is 0 Å². The summed E-state index contributed by atoms with van der Waals surface area (Å²) in [6.45, 7) is 1.77. The van der Waals surface area contributed by atoms with Gasteiger partial charge in [0.25, 0.3) is 5.91 Å². The number of rotatable bonds is 1. The van der Waals surface area contributed by atoms with E-state index in [1.165, 1.54) is 5.12 Å². The number of amides is 1. The van der Waals surface area contributed by atoms with Gasteiger partial charge in [0, 0.05) is 5.56 Å². The van der Waals surface area contributed by atoms with Crippen molar-refractivity contribution in [1.82, 2.24) is 10.4 Å². The van der Waals surface area contributed by atoms with E-state index in [2.05, 4.69) is 10.4 Å². The maximum absolute atomic E-state index is 11.6. The lowest BCUT2D eigenvalue weighted by Crippen LogP contribution is -2.54. The smallest absolute Gasteiger partial charge is 0.274 e. The average Bonchev–Trinajstić information content (AvgIpc) is 2.25. The van der Waals surface area contributed by atoms with Gasteiger partial charge in [0.1, 0.15) is 6.17 Å². The Labute approximate surface area is 87.5 Å². The predicted octanol–water partition coefficient (Wildman–Crippen LogP) is 0.0422. The minimum atomic E-state index is -0.273. The molecule has 1 aliphatic heterocycles. The van der Waals surface area contributed by atoms with Gasteiger partial charge in [-0.1, -0.05) is 30.3 Å². The number of hydrazine groups is 1. The first-order valence-electron chi connectivity index (χ1n) is 4.67. The van der Waals surface area contributed by atoms with Crippen molar-refractivity contribution in [2.24, 2.45) is 10.9 Å². The second-order valence-electron chi connectivity index (χ2n) is 3.34. The van der Waals surface area contributed by atoms with Crippen LogP contribution in [0, 0.1) is 0 Å². The number of hydrogen-bond acceptors (Lipinski definition) is 4. The Balaban J connectivity index is 2.37. The molecule has 0 aromatic heterocycles. The number of carbonyl (C=O) groups is 1. The molecule has 1 atom stereocenters. The van der Waals surface area contributed by atoms with Gasteiger partial charge in [-0.05, 0) is 6.92 Å². The lowest BCUT2D eigenvalue weighted by Gasteiger charge is -2.27. The van der Waals surface area contributed by atoms with Crippen LogP contribution in [0.5, 0.6) is 0 Å². The quantitative estimate of drug-likeness (QED) is 0.634. The highest BCUT2D eigenvalue weighted by Crippen LogP contribution is 2.07. The third-order valence-electron chi connectivity index (χ3n) is 2.21. The van der Waals surface area contributed by atoms with Crippen LogP contribution >= 0.6 is 0 Å². The molecule has 1 amide bonds. The Morgan fingerprint density at radius 3 is 2.73 bits per heavy atom. The van der Waals surface area contributed by atoms with Crippen molar-refractivity contribution in [3.8, 4) is 0 Å². The second kappa shape index (κ2) is 3.70. The molecule has 78 valence electrons. The average molecular weight is 204 g/mol. The van der Waals surface area contributed by atoms with Crippen LogP contribution in [-0.4, -0.2) is 22.9 Å². The van der Waals surface area contributed by atoms with Crippen molar-refractivity contribution in [3.05, 3.63) is 35.9 Å². The minimum absolute atomic E-state index is 0.199. The fraction of sp³-hybridized carbons (Fsp3) is 0.200. The van der Waals surface area contributed by atoms with Crippen LogP contribution in [0.15, 0.2) is 35.4 Å². The Bertz CT molecular complexity index is 401. The van der Waals surface area contributed by atoms with Gasteiger partial charge in [0.2, 0.25) is 0 Å². The van der Waals surface area contributed by atoms with Crippen LogP contribution < -0.4 is 11.2 Å². The molecule has 3 N–H and O–H groups in total. The van der Waals surface area contributed by atoms with E-state index in [0.717, 1.165) is 5.56 Å². The number of nitrogens with one attached hydrogen (secondary N) is 1. The van der Waals surface area contributed by atoms with Crippen molar-refractivity contribution in [2.45, 2.75) is 13.1 Å². The maximum atomic E-state index is 11.6. The van der Waals surface area contributed by atoms with Gasteiger partial charge >= 0.3 is 0 Å². The summed E-state index contributed by atoms with van der Waals surface area (Å²) in [6.07, 6.45) is -0.273. The van der Waals surface area contributed by atoms with Crippen LogP contribution in [0.25, 0.3) is 0 Å².